The summed E-state index contributed by atoms with van der Waals surface area (Å²) in [6.07, 6.45) is 1.15. The maximum absolute atomic E-state index is 5.61. The first-order chi connectivity index (χ1) is 9.81. The maximum Gasteiger partial charge on any atom is 0.194 e. The molecule has 0 aliphatic carbocycles. The van der Waals surface area contributed by atoms with Gasteiger partial charge in [-0.3, -0.25) is 4.99 Å². The SMILES string of the molecule is CCNC(=NCCOC)N1CCC(COCCOC)C1. The van der Waals surface area contributed by atoms with Gasteiger partial charge in [0.15, 0.2) is 5.96 Å². The molecule has 6 heteroatoms. The summed E-state index contributed by atoms with van der Waals surface area (Å²) in [5.74, 6) is 1.57. The van der Waals surface area contributed by atoms with Crippen LogP contribution in [0.15, 0.2) is 4.99 Å². The monoisotopic (exact) mass is 287 g/mol. The van der Waals surface area contributed by atoms with Crippen LogP contribution in [0.25, 0.3) is 0 Å². The van der Waals surface area contributed by atoms with E-state index in [9.17, 15) is 0 Å². The zero-order chi connectivity index (χ0) is 14.6. The number of rotatable bonds is 9. The van der Waals surface area contributed by atoms with Crippen molar-refractivity contribution in [3.05, 3.63) is 0 Å². The molecular weight excluding hydrogens is 258 g/mol. The fourth-order valence-electron chi connectivity index (χ4n) is 2.22. The molecule has 0 saturated carbocycles. The van der Waals surface area contributed by atoms with Gasteiger partial charge in [-0.15, -0.1) is 0 Å². The molecule has 118 valence electrons. The van der Waals surface area contributed by atoms with Gasteiger partial charge in [-0.25, -0.2) is 0 Å². The summed E-state index contributed by atoms with van der Waals surface area (Å²) in [7, 11) is 3.39. The fourth-order valence-corrected chi connectivity index (χ4v) is 2.22. The molecule has 1 N–H and O–H groups in total. The number of likely N-dealkylation sites (tertiary alicyclic amines) is 1. The molecule has 0 aromatic rings. The fraction of sp³-hybridized carbons (Fsp3) is 0.929. The highest BCUT2D eigenvalue weighted by atomic mass is 16.5. The second-order valence-corrected chi connectivity index (χ2v) is 4.90. The summed E-state index contributed by atoms with van der Waals surface area (Å²) < 4.78 is 15.6. The molecule has 20 heavy (non-hydrogen) atoms. The van der Waals surface area contributed by atoms with Crippen LogP contribution in [0.5, 0.6) is 0 Å². The van der Waals surface area contributed by atoms with Crippen LogP contribution >= 0.6 is 0 Å². The number of nitrogens with one attached hydrogen (secondary N) is 1. The number of methoxy groups -OCH3 is 2. The Morgan fingerprint density at radius 1 is 1.25 bits per heavy atom. The third kappa shape index (κ3) is 6.54. The minimum Gasteiger partial charge on any atom is -0.383 e. The maximum atomic E-state index is 5.61. The van der Waals surface area contributed by atoms with Gasteiger partial charge in [-0.1, -0.05) is 0 Å². The van der Waals surface area contributed by atoms with E-state index in [-0.39, 0.29) is 0 Å². The van der Waals surface area contributed by atoms with Crippen molar-refractivity contribution in [1.82, 2.24) is 10.2 Å². The lowest BCUT2D eigenvalue weighted by Crippen LogP contribution is -2.40. The molecule has 0 amide bonds. The number of guanidine groups is 1. The van der Waals surface area contributed by atoms with Gasteiger partial charge in [-0.2, -0.15) is 0 Å². The van der Waals surface area contributed by atoms with Gasteiger partial charge in [0.1, 0.15) is 0 Å². The van der Waals surface area contributed by atoms with Crippen LogP contribution in [0.1, 0.15) is 13.3 Å². The topological polar surface area (TPSA) is 55.3 Å². The highest BCUT2D eigenvalue weighted by molar-refractivity contribution is 5.80. The van der Waals surface area contributed by atoms with Gasteiger partial charge in [0.05, 0.1) is 33.0 Å². The summed E-state index contributed by atoms with van der Waals surface area (Å²) in [4.78, 5) is 6.88. The Morgan fingerprint density at radius 2 is 2.05 bits per heavy atom. The van der Waals surface area contributed by atoms with Gasteiger partial charge < -0.3 is 24.4 Å². The molecule has 0 aromatic carbocycles. The van der Waals surface area contributed by atoms with E-state index in [1.165, 1.54) is 0 Å². The Morgan fingerprint density at radius 3 is 2.75 bits per heavy atom. The van der Waals surface area contributed by atoms with Crippen LogP contribution in [0.4, 0.5) is 0 Å². The molecule has 0 radical (unpaired) electrons. The predicted molar refractivity (Wildman–Crippen MR) is 80.2 cm³/mol. The quantitative estimate of drug-likeness (QED) is 0.382. The first-order valence-electron chi connectivity index (χ1n) is 7.40. The predicted octanol–water partition coefficient (Wildman–Crippen LogP) is 0.583. The van der Waals surface area contributed by atoms with E-state index >= 15 is 0 Å². The summed E-state index contributed by atoms with van der Waals surface area (Å²) >= 11 is 0. The number of hydrogen-bond acceptors (Lipinski definition) is 4. The van der Waals surface area contributed by atoms with E-state index in [2.05, 4.69) is 22.1 Å². The molecular formula is C14H29N3O3. The standard InChI is InChI=1S/C14H29N3O3/c1-4-15-14(16-6-8-18-2)17-7-5-13(11-17)12-20-10-9-19-3/h13H,4-12H2,1-3H3,(H,15,16). The molecule has 0 aromatic heterocycles. The van der Waals surface area contributed by atoms with Crippen molar-refractivity contribution >= 4 is 5.96 Å². The Kier molecular flexibility index (Phi) is 9.36. The third-order valence-electron chi connectivity index (χ3n) is 3.26. The number of ether oxygens (including phenoxy) is 3. The van der Waals surface area contributed by atoms with Crippen LogP contribution in [-0.4, -0.2) is 77.7 Å². The number of aliphatic imine (C=N–C) groups is 1. The van der Waals surface area contributed by atoms with Gasteiger partial charge in [0.25, 0.3) is 0 Å². The molecule has 6 nitrogen and oxygen atoms in total. The smallest absolute Gasteiger partial charge is 0.194 e. The molecule has 1 fully saturated rings. The average molecular weight is 287 g/mol. The van der Waals surface area contributed by atoms with E-state index in [0.29, 0.717) is 32.3 Å². The Bertz CT molecular complexity index is 274. The summed E-state index contributed by atoms with van der Waals surface area (Å²) in [6.45, 7) is 8.52. The van der Waals surface area contributed by atoms with Gasteiger partial charge in [-0.05, 0) is 13.3 Å². The van der Waals surface area contributed by atoms with Gasteiger partial charge >= 0.3 is 0 Å². The molecule has 1 aliphatic rings. The van der Waals surface area contributed by atoms with Crippen molar-refractivity contribution < 1.29 is 14.2 Å². The normalized spacial score (nSPS) is 19.6. The summed E-state index contributed by atoms with van der Waals surface area (Å²) in [6, 6.07) is 0. The van der Waals surface area contributed by atoms with Crippen molar-refractivity contribution in [2.24, 2.45) is 10.9 Å². The molecule has 1 aliphatic heterocycles. The first-order valence-corrected chi connectivity index (χ1v) is 7.40. The molecule has 0 bridgehead atoms. The lowest BCUT2D eigenvalue weighted by molar-refractivity contribution is 0.0536. The van der Waals surface area contributed by atoms with Crippen molar-refractivity contribution in [2.45, 2.75) is 13.3 Å². The number of nitrogens with zero attached hydrogens (tertiary/aromatic N) is 2. The highest BCUT2D eigenvalue weighted by Crippen LogP contribution is 2.16. The van der Waals surface area contributed by atoms with E-state index in [4.69, 9.17) is 14.2 Å². The van der Waals surface area contributed by atoms with E-state index < -0.39 is 0 Å². The highest BCUT2D eigenvalue weighted by Gasteiger charge is 2.24. The lowest BCUT2D eigenvalue weighted by atomic mass is 10.1. The van der Waals surface area contributed by atoms with Crippen LogP contribution in [0, 0.1) is 5.92 Å². The zero-order valence-corrected chi connectivity index (χ0v) is 13.1. The van der Waals surface area contributed by atoms with Crippen molar-refractivity contribution in [3.8, 4) is 0 Å². The summed E-state index contributed by atoms with van der Waals surface area (Å²) in [5.41, 5.74) is 0. The van der Waals surface area contributed by atoms with Crippen LogP contribution < -0.4 is 5.32 Å². The van der Waals surface area contributed by atoms with Gasteiger partial charge in [0, 0.05) is 39.8 Å². The molecule has 1 rings (SSSR count). The molecule has 1 heterocycles. The van der Waals surface area contributed by atoms with Gasteiger partial charge in [0.2, 0.25) is 0 Å². The van der Waals surface area contributed by atoms with Crippen molar-refractivity contribution in [1.29, 1.82) is 0 Å². The van der Waals surface area contributed by atoms with E-state index in [1.807, 2.05) is 0 Å². The Hall–Kier alpha value is -0.850. The zero-order valence-electron chi connectivity index (χ0n) is 13.1. The largest absolute Gasteiger partial charge is 0.383 e. The Labute approximate surface area is 122 Å². The summed E-state index contributed by atoms with van der Waals surface area (Å²) in [5, 5.41) is 3.34. The third-order valence-corrected chi connectivity index (χ3v) is 3.26. The first kappa shape index (κ1) is 17.2. The molecule has 1 atom stereocenters. The Balaban J connectivity index is 2.32. The lowest BCUT2D eigenvalue weighted by Gasteiger charge is -2.21. The molecule has 1 saturated heterocycles. The van der Waals surface area contributed by atoms with Crippen molar-refractivity contribution in [3.63, 3.8) is 0 Å². The second-order valence-electron chi connectivity index (χ2n) is 4.90. The average Bonchev–Trinajstić information content (AvgIpc) is 2.92. The molecule has 1 unspecified atom stereocenters. The molecule has 0 spiro atoms. The van der Waals surface area contributed by atoms with Crippen LogP contribution in [0.2, 0.25) is 0 Å². The van der Waals surface area contributed by atoms with Crippen LogP contribution in [0.3, 0.4) is 0 Å². The minimum atomic E-state index is 0.582. The van der Waals surface area contributed by atoms with E-state index in [1.54, 1.807) is 14.2 Å². The second kappa shape index (κ2) is 10.9. The van der Waals surface area contributed by atoms with Crippen LogP contribution in [-0.2, 0) is 14.2 Å². The van der Waals surface area contributed by atoms with E-state index in [0.717, 1.165) is 38.6 Å². The number of hydrogen-bond donors (Lipinski definition) is 1. The minimum absolute atomic E-state index is 0.582. The van der Waals surface area contributed by atoms with Crippen molar-refractivity contribution in [2.75, 3.05) is 66.8 Å².